The summed E-state index contributed by atoms with van der Waals surface area (Å²) in [6, 6.07) is 0.604. The van der Waals surface area contributed by atoms with Crippen LogP contribution in [0.2, 0.25) is 0 Å². The molecule has 1 aliphatic rings. The van der Waals surface area contributed by atoms with E-state index in [9.17, 15) is 8.42 Å². The zero-order valence-corrected chi connectivity index (χ0v) is 14.7. The van der Waals surface area contributed by atoms with E-state index in [0.717, 1.165) is 38.6 Å². The molecule has 0 spiro atoms. The van der Waals surface area contributed by atoms with Crippen LogP contribution < -0.4 is 10.0 Å². The maximum atomic E-state index is 12.1. The molecule has 1 rings (SSSR count). The molecule has 0 bridgehead atoms. The van der Waals surface area contributed by atoms with Crippen LogP contribution in [0.5, 0.6) is 0 Å². The lowest BCUT2D eigenvalue weighted by atomic mass is 9.96. The lowest BCUT2D eigenvalue weighted by Crippen LogP contribution is -2.44. The lowest BCUT2D eigenvalue weighted by molar-refractivity contribution is 0.423. The summed E-state index contributed by atoms with van der Waals surface area (Å²) in [6.07, 6.45) is 8.20. The molecular weight excluding hydrogens is 292 g/mol. The van der Waals surface area contributed by atoms with Crippen LogP contribution in [-0.4, -0.2) is 44.3 Å². The minimum Gasteiger partial charge on any atom is -0.315 e. The van der Waals surface area contributed by atoms with Crippen LogP contribution in [0.4, 0.5) is 0 Å². The summed E-state index contributed by atoms with van der Waals surface area (Å²) in [5.41, 5.74) is 0. The Bertz CT molecular complexity index is 358. The Labute approximate surface area is 128 Å². The van der Waals surface area contributed by atoms with E-state index in [-0.39, 0.29) is 11.8 Å². The van der Waals surface area contributed by atoms with Gasteiger partial charge < -0.3 is 5.32 Å². The number of nitrogens with one attached hydrogen (secondary N) is 2. The fraction of sp³-hybridized carbons (Fsp3) is 1.00. The largest absolute Gasteiger partial charge is 0.315 e. The van der Waals surface area contributed by atoms with Crippen molar-refractivity contribution in [2.45, 2.75) is 69.7 Å². The SMILES string of the molecule is CSC1CCCCC1NS(=O)(=O)CCCCNC(C)C. The highest BCUT2D eigenvalue weighted by atomic mass is 32.2. The molecule has 6 heteroatoms. The smallest absolute Gasteiger partial charge is 0.211 e. The normalized spacial score (nSPS) is 24.2. The van der Waals surface area contributed by atoms with Crippen molar-refractivity contribution >= 4 is 21.8 Å². The highest BCUT2D eigenvalue weighted by Crippen LogP contribution is 2.27. The quantitative estimate of drug-likeness (QED) is 0.640. The number of thioether (sulfide) groups is 1. The second kappa shape index (κ2) is 9.28. The van der Waals surface area contributed by atoms with Gasteiger partial charge in [0.25, 0.3) is 0 Å². The molecule has 0 amide bonds. The van der Waals surface area contributed by atoms with Crippen molar-refractivity contribution in [1.82, 2.24) is 10.0 Å². The van der Waals surface area contributed by atoms with E-state index >= 15 is 0 Å². The van der Waals surface area contributed by atoms with E-state index in [0.29, 0.717) is 11.3 Å². The molecule has 0 aromatic rings. The summed E-state index contributed by atoms with van der Waals surface area (Å²) < 4.78 is 27.2. The predicted molar refractivity (Wildman–Crippen MR) is 88.9 cm³/mol. The van der Waals surface area contributed by atoms with Gasteiger partial charge in [-0.05, 0) is 38.5 Å². The van der Waals surface area contributed by atoms with Gasteiger partial charge in [-0.2, -0.15) is 11.8 Å². The van der Waals surface area contributed by atoms with Gasteiger partial charge in [0, 0.05) is 17.3 Å². The fourth-order valence-electron chi connectivity index (χ4n) is 2.61. The molecule has 0 aromatic carbocycles. The third kappa shape index (κ3) is 7.29. The maximum absolute atomic E-state index is 12.1. The van der Waals surface area contributed by atoms with Crippen molar-refractivity contribution in [2.75, 3.05) is 18.6 Å². The van der Waals surface area contributed by atoms with Crippen molar-refractivity contribution in [3.63, 3.8) is 0 Å². The molecule has 1 fully saturated rings. The summed E-state index contributed by atoms with van der Waals surface area (Å²) in [4.78, 5) is 0. The van der Waals surface area contributed by atoms with Crippen LogP contribution in [0.1, 0.15) is 52.4 Å². The highest BCUT2D eigenvalue weighted by Gasteiger charge is 2.27. The predicted octanol–water partition coefficient (Wildman–Crippen LogP) is 2.36. The van der Waals surface area contributed by atoms with E-state index in [1.165, 1.54) is 6.42 Å². The van der Waals surface area contributed by atoms with Gasteiger partial charge in [-0.15, -0.1) is 0 Å². The average molecular weight is 323 g/mol. The van der Waals surface area contributed by atoms with E-state index in [1.54, 1.807) is 11.8 Å². The molecule has 2 atom stereocenters. The molecule has 20 heavy (non-hydrogen) atoms. The summed E-state index contributed by atoms with van der Waals surface area (Å²) in [5, 5.41) is 3.76. The Hall–Kier alpha value is 0.220. The molecule has 0 radical (unpaired) electrons. The minimum atomic E-state index is -3.12. The topological polar surface area (TPSA) is 58.2 Å². The standard InChI is InChI=1S/C14H30N2O2S2/c1-12(2)15-10-6-7-11-20(17,18)16-13-8-4-5-9-14(13)19-3/h12-16H,4-11H2,1-3H3. The van der Waals surface area contributed by atoms with Crippen molar-refractivity contribution in [3.05, 3.63) is 0 Å². The third-order valence-electron chi connectivity index (χ3n) is 3.73. The Morgan fingerprint density at radius 3 is 2.55 bits per heavy atom. The molecule has 2 N–H and O–H groups in total. The molecule has 120 valence electrons. The third-order valence-corrected chi connectivity index (χ3v) is 6.39. The van der Waals surface area contributed by atoms with Crippen molar-refractivity contribution in [2.24, 2.45) is 0 Å². The minimum absolute atomic E-state index is 0.137. The van der Waals surface area contributed by atoms with Gasteiger partial charge in [-0.25, -0.2) is 13.1 Å². The van der Waals surface area contributed by atoms with Crippen LogP contribution >= 0.6 is 11.8 Å². The zero-order chi connectivity index (χ0) is 15.0. The summed E-state index contributed by atoms with van der Waals surface area (Å²) in [7, 11) is -3.12. The first-order valence-electron chi connectivity index (χ1n) is 7.71. The second-order valence-corrected chi connectivity index (χ2v) is 8.87. The van der Waals surface area contributed by atoms with Crippen molar-refractivity contribution in [3.8, 4) is 0 Å². The van der Waals surface area contributed by atoms with Gasteiger partial charge in [-0.3, -0.25) is 0 Å². The Balaban J connectivity index is 2.29. The van der Waals surface area contributed by atoms with E-state index < -0.39 is 10.0 Å². The molecule has 0 heterocycles. The number of rotatable bonds is 9. The van der Waals surface area contributed by atoms with Crippen LogP contribution in [0.25, 0.3) is 0 Å². The molecule has 4 nitrogen and oxygen atoms in total. The van der Waals surface area contributed by atoms with Crippen molar-refractivity contribution in [1.29, 1.82) is 0 Å². The molecule has 0 aliphatic heterocycles. The maximum Gasteiger partial charge on any atom is 0.211 e. The molecule has 2 unspecified atom stereocenters. The van der Waals surface area contributed by atoms with Crippen LogP contribution in [0.15, 0.2) is 0 Å². The molecule has 0 aromatic heterocycles. The van der Waals surface area contributed by atoms with Crippen molar-refractivity contribution < 1.29 is 8.42 Å². The van der Waals surface area contributed by atoms with Gasteiger partial charge in [-0.1, -0.05) is 26.7 Å². The summed E-state index contributed by atoms with van der Waals surface area (Å²) in [5.74, 6) is 0.254. The Morgan fingerprint density at radius 1 is 1.20 bits per heavy atom. The molecule has 1 aliphatic carbocycles. The van der Waals surface area contributed by atoms with E-state index in [2.05, 4.69) is 30.1 Å². The Morgan fingerprint density at radius 2 is 1.90 bits per heavy atom. The number of sulfonamides is 1. The van der Waals surface area contributed by atoms with Gasteiger partial charge >= 0.3 is 0 Å². The first kappa shape index (κ1) is 18.3. The highest BCUT2D eigenvalue weighted by molar-refractivity contribution is 7.99. The first-order valence-corrected chi connectivity index (χ1v) is 10.6. The van der Waals surface area contributed by atoms with Gasteiger partial charge in [0.15, 0.2) is 0 Å². The number of hydrogen-bond acceptors (Lipinski definition) is 4. The first-order chi connectivity index (χ1) is 9.44. The van der Waals surface area contributed by atoms with Crippen LogP contribution in [0, 0.1) is 0 Å². The fourth-order valence-corrected chi connectivity index (χ4v) is 5.08. The zero-order valence-electron chi connectivity index (χ0n) is 13.0. The van der Waals surface area contributed by atoms with Crippen LogP contribution in [0.3, 0.4) is 0 Å². The summed E-state index contributed by atoms with van der Waals surface area (Å²) in [6.45, 7) is 5.10. The van der Waals surface area contributed by atoms with Gasteiger partial charge in [0.05, 0.1) is 5.75 Å². The number of unbranched alkanes of at least 4 members (excludes halogenated alkanes) is 1. The molecule has 0 saturated heterocycles. The second-order valence-electron chi connectivity index (χ2n) is 5.92. The Kier molecular flexibility index (Phi) is 8.48. The molecular formula is C14H30N2O2S2. The van der Waals surface area contributed by atoms with Gasteiger partial charge in [0.2, 0.25) is 10.0 Å². The molecule has 1 saturated carbocycles. The monoisotopic (exact) mass is 322 g/mol. The number of hydrogen-bond donors (Lipinski definition) is 2. The lowest BCUT2D eigenvalue weighted by Gasteiger charge is -2.30. The van der Waals surface area contributed by atoms with E-state index in [1.807, 2.05) is 0 Å². The van der Waals surface area contributed by atoms with Gasteiger partial charge in [0.1, 0.15) is 0 Å². The van der Waals surface area contributed by atoms with E-state index in [4.69, 9.17) is 0 Å². The average Bonchev–Trinajstić information content (AvgIpc) is 2.38. The summed E-state index contributed by atoms with van der Waals surface area (Å²) >= 11 is 1.79. The van der Waals surface area contributed by atoms with Crippen LogP contribution in [-0.2, 0) is 10.0 Å².